The summed E-state index contributed by atoms with van der Waals surface area (Å²) in [6, 6.07) is 0. The van der Waals surface area contributed by atoms with Crippen LogP contribution in [0.5, 0.6) is 0 Å². The molecule has 0 radical (unpaired) electrons. The molecule has 0 spiro atoms. The molecular formula is C6H15N2O2+. The van der Waals surface area contributed by atoms with Crippen LogP contribution in [0.2, 0.25) is 0 Å². The van der Waals surface area contributed by atoms with Gasteiger partial charge in [-0.05, 0) is 14.0 Å². The zero-order chi connectivity index (χ0) is 7.82. The van der Waals surface area contributed by atoms with E-state index in [2.05, 4.69) is 10.6 Å². The molecule has 0 aromatic rings. The molecule has 0 aromatic heterocycles. The van der Waals surface area contributed by atoms with Crippen molar-refractivity contribution in [1.82, 2.24) is 10.6 Å². The predicted octanol–water partition coefficient (Wildman–Crippen LogP) is 0.0644. The molecule has 0 aromatic carbocycles. The van der Waals surface area contributed by atoms with Crippen LogP contribution >= 0.6 is 0 Å². The SMILES string of the molecule is CCNC(=O)OCCNC.[H+]. The third kappa shape index (κ3) is 5.37. The van der Waals surface area contributed by atoms with Crippen LogP contribution in [0, 0.1) is 0 Å². The van der Waals surface area contributed by atoms with Crippen molar-refractivity contribution in [1.29, 1.82) is 0 Å². The van der Waals surface area contributed by atoms with Crippen molar-refractivity contribution in [3.8, 4) is 0 Å². The number of rotatable bonds is 4. The lowest BCUT2D eigenvalue weighted by atomic mass is 10.7. The van der Waals surface area contributed by atoms with Crippen LogP contribution in [-0.2, 0) is 4.74 Å². The highest BCUT2D eigenvalue weighted by Gasteiger charge is 1.95. The van der Waals surface area contributed by atoms with Gasteiger partial charge in [0.05, 0.1) is 0 Å². The number of hydrogen-bond acceptors (Lipinski definition) is 3. The summed E-state index contributed by atoms with van der Waals surface area (Å²) in [4.78, 5) is 10.6. The fourth-order valence-corrected chi connectivity index (χ4v) is 0.441. The largest absolute Gasteiger partial charge is 1.00 e. The number of hydrogen-bond donors (Lipinski definition) is 2. The summed E-state index contributed by atoms with van der Waals surface area (Å²) in [7, 11) is 1.81. The zero-order valence-corrected chi connectivity index (χ0v) is 6.44. The Hall–Kier alpha value is -0.770. The maximum Gasteiger partial charge on any atom is 1.00 e. The Kier molecular flexibility index (Phi) is 5.86. The van der Waals surface area contributed by atoms with Gasteiger partial charge >= 0.3 is 7.52 Å². The summed E-state index contributed by atoms with van der Waals surface area (Å²) < 4.78 is 4.71. The molecule has 0 saturated carbocycles. The van der Waals surface area contributed by atoms with Crippen LogP contribution in [0.15, 0.2) is 0 Å². The van der Waals surface area contributed by atoms with E-state index >= 15 is 0 Å². The first-order chi connectivity index (χ1) is 4.81. The Morgan fingerprint density at radius 1 is 1.70 bits per heavy atom. The van der Waals surface area contributed by atoms with Crippen LogP contribution in [0.1, 0.15) is 8.35 Å². The summed E-state index contributed by atoms with van der Waals surface area (Å²) in [5.41, 5.74) is 0. The first kappa shape index (κ1) is 9.23. The summed E-state index contributed by atoms with van der Waals surface area (Å²) in [5.74, 6) is 0. The highest BCUT2D eigenvalue weighted by molar-refractivity contribution is 5.66. The minimum absolute atomic E-state index is 0. The summed E-state index contributed by atoms with van der Waals surface area (Å²) >= 11 is 0. The molecule has 0 heterocycles. The lowest BCUT2D eigenvalue weighted by molar-refractivity contribution is 0.148. The first-order valence-corrected chi connectivity index (χ1v) is 3.36. The van der Waals surface area contributed by atoms with Crippen molar-refractivity contribution in [3.05, 3.63) is 0 Å². The van der Waals surface area contributed by atoms with E-state index in [0.717, 1.165) is 0 Å². The second-order valence-electron chi connectivity index (χ2n) is 1.77. The number of carbonyl (C=O) groups excluding carboxylic acids is 1. The molecule has 0 aliphatic rings. The van der Waals surface area contributed by atoms with Crippen LogP contribution < -0.4 is 10.6 Å². The smallest absolute Gasteiger partial charge is 0.448 e. The quantitative estimate of drug-likeness (QED) is 0.553. The normalized spacial score (nSPS) is 9.00. The Labute approximate surface area is 62.4 Å². The Balaban J connectivity index is 0. The topological polar surface area (TPSA) is 50.4 Å². The van der Waals surface area contributed by atoms with Crippen molar-refractivity contribution in [3.63, 3.8) is 0 Å². The molecule has 0 aliphatic carbocycles. The standard InChI is InChI=1S/C6H14N2O2/c1-3-8-6(9)10-5-4-7-2/h7H,3-5H2,1-2H3,(H,8,9)/p+1. The molecule has 0 fully saturated rings. The Morgan fingerprint density at radius 2 is 2.40 bits per heavy atom. The van der Waals surface area contributed by atoms with E-state index in [1.54, 1.807) is 7.05 Å². The number of ether oxygens (including phenoxy) is 1. The molecule has 2 N–H and O–H groups in total. The van der Waals surface area contributed by atoms with Crippen LogP contribution in [0.25, 0.3) is 0 Å². The van der Waals surface area contributed by atoms with E-state index < -0.39 is 0 Å². The monoisotopic (exact) mass is 147 g/mol. The molecule has 0 aliphatic heterocycles. The number of alkyl carbamates (subject to hydrolysis) is 1. The molecule has 10 heavy (non-hydrogen) atoms. The number of carbonyl (C=O) groups is 1. The Morgan fingerprint density at radius 3 is 2.90 bits per heavy atom. The number of nitrogens with one attached hydrogen (secondary N) is 2. The lowest BCUT2D eigenvalue weighted by Gasteiger charge is -2.03. The van der Waals surface area contributed by atoms with Gasteiger partial charge in [-0.3, -0.25) is 0 Å². The number of likely N-dealkylation sites (N-methyl/N-ethyl adjacent to an activating group) is 1. The van der Waals surface area contributed by atoms with Gasteiger partial charge in [0.15, 0.2) is 0 Å². The van der Waals surface area contributed by atoms with Gasteiger partial charge in [0.1, 0.15) is 6.61 Å². The highest BCUT2D eigenvalue weighted by Crippen LogP contribution is 1.74. The summed E-state index contributed by atoms with van der Waals surface area (Å²) in [6.07, 6.45) is -0.349. The second kappa shape index (κ2) is 6.35. The van der Waals surface area contributed by atoms with Crippen molar-refractivity contribution < 1.29 is 11.0 Å². The van der Waals surface area contributed by atoms with Gasteiger partial charge in [0.25, 0.3) is 0 Å². The van der Waals surface area contributed by atoms with Gasteiger partial charge in [0.2, 0.25) is 0 Å². The van der Waals surface area contributed by atoms with Crippen molar-refractivity contribution in [2.45, 2.75) is 6.92 Å². The zero-order valence-electron chi connectivity index (χ0n) is 7.44. The summed E-state index contributed by atoms with van der Waals surface area (Å²) in [6.45, 7) is 3.57. The molecule has 0 bridgehead atoms. The van der Waals surface area contributed by atoms with Crippen LogP contribution in [0.4, 0.5) is 4.79 Å². The van der Waals surface area contributed by atoms with E-state index in [1.165, 1.54) is 0 Å². The highest BCUT2D eigenvalue weighted by atomic mass is 16.5. The molecule has 0 atom stereocenters. The molecule has 0 saturated heterocycles. The van der Waals surface area contributed by atoms with E-state index in [1.807, 2.05) is 6.92 Å². The van der Waals surface area contributed by atoms with E-state index in [0.29, 0.717) is 19.7 Å². The fourth-order valence-electron chi connectivity index (χ4n) is 0.441. The van der Waals surface area contributed by atoms with Gasteiger partial charge in [-0.1, -0.05) is 0 Å². The van der Waals surface area contributed by atoms with E-state index in [9.17, 15) is 4.79 Å². The average molecular weight is 147 g/mol. The Bertz CT molecular complexity index is 101. The minimum Gasteiger partial charge on any atom is -0.448 e. The maximum absolute atomic E-state index is 10.6. The van der Waals surface area contributed by atoms with Crippen molar-refractivity contribution in [2.24, 2.45) is 0 Å². The van der Waals surface area contributed by atoms with E-state index in [-0.39, 0.29) is 7.52 Å². The van der Waals surface area contributed by atoms with Gasteiger partial charge < -0.3 is 15.4 Å². The van der Waals surface area contributed by atoms with Gasteiger partial charge in [-0.15, -0.1) is 0 Å². The molecule has 0 rings (SSSR count). The molecule has 60 valence electrons. The van der Waals surface area contributed by atoms with Gasteiger partial charge in [0, 0.05) is 13.1 Å². The lowest BCUT2D eigenvalue weighted by Crippen LogP contribution is -2.26. The minimum atomic E-state index is -0.349. The molecule has 4 heteroatoms. The fraction of sp³-hybridized carbons (Fsp3) is 0.833. The molecule has 0 unspecified atom stereocenters. The van der Waals surface area contributed by atoms with Crippen molar-refractivity contribution in [2.75, 3.05) is 26.7 Å². The molecular weight excluding hydrogens is 132 g/mol. The average Bonchev–Trinajstić information content (AvgIpc) is 1.89. The third-order valence-corrected chi connectivity index (χ3v) is 0.906. The molecule has 1 amide bonds. The predicted molar refractivity (Wildman–Crippen MR) is 40.1 cm³/mol. The second-order valence-corrected chi connectivity index (χ2v) is 1.77. The van der Waals surface area contributed by atoms with Crippen molar-refractivity contribution >= 4 is 6.09 Å². The van der Waals surface area contributed by atoms with E-state index in [4.69, 9.17) is 4.74 Å². The third-order valence-electron chi connectivity index (χ3n) is 0.906. The maximum atomic E-state index is 10.6. The number of amides is 1. The molecule has 4 nitrogen and oxygen atoms in total. The summed E-state index contributed by atoms with van der Waals surface area (Å²) in [5, 5.41) is 5.38. The van der Waals surface area contributed by atoms with Crippen LogP contribution in [0.3, 0.4) is 0 Å². The van der Waals surface area contributed by atoms with Crippen LogP contribution in [-0.4, -0.2) is 32.8 Å². The first-order valence-electron chi connectivity index (χ1n) is 3.36. The van der Waals surface area contributed by atoms with Gasteiger partial charge in [-0.25, -0.2) is 4.79 Å². The van der Waals surface area contributed by atoms with Gasteiger partial charge in [-0.2, -0.15) is 0 Å².